The molecule has 0 aliphatic heterocycles. The van der Waals surface area contributed by atoms with Gasteiger partial charge in [0.15, 0.2) is 0 Å². The summed E-state index contributed by atoms with van der Waals surface area (Å²) in [4.78, 5) is 0. The number of hydrogen-bond acceptors (Lipinski definition) is 0. The highest BCUT2D eigenvalue weighted by Crippen LogP contribution is 2.11. The zero-order chi connectivity index (χ0) is 8.53. The van der Waals surface area contributed by atoms with Crippen LogP contribution >= 0.6 is 0 Å². The van der Waals surface area contributed by atoms with Crippen molar-refractivity contribution in [3.63, 3.8) is 0 Å². The van der Waals surface area contributed by atoms with Gasteiger partial charge in [-0.2, -0.15) is 0 Å². The zero-order valence-electron chi connectivity index (χ0n) is 8.01. The van der Waals surface area contributed by atoms with Crippen LogP contribution < -0.4 is 0 Å². The Kier molecular flexibility index (Phi) is 7.23. The Balaban J connectivity index is 3.69. The van der Waals surface area contributed by atoms with Crippen LogP contribution in [0.5, 0.6) is 0 Å². The highest BCUT2D eigenvalue weighted by Gasteiger charge is 1.96. The van der Waals surface area contributed by atoms with E-state index in [-0.39, 0.29) is 0 Å². The third-order valence-corrected chi connectivity index (χ3v) is 1.77. The summed E-state index contributed by atoms with van der Waals surface area (Å²) < 4.78 is 0. The Hall–Kier alpha value is -0.520. The largest absolute Gasteiger partial charge is 0.0911 e. The van der Waals surface area contributed by atoms with E-state index in [0.29, 0.717) is 5.92 Å². The molecule has 1 unspecified atom stereocenters. The predicted molar refractivity (Wildman–Crippen MR) is 52.6 cm³/mol. The molecular formula is C11H20. The summed E-state index contributed by atoms with van der Waals surface area (Å²) in [6.45, 7) is 6.41. The summed E-state index contributed by atoms with van der Waals surface area (Å²) >= 11 is 0. The van der Waals surface area contributed by atoms with Crippen molar-refractivity contribution in [2.75, 3.05) is 0 Å². The summed E-state index contributed by atoms with van der Waals surface area (Å²) in [6.07, 6.45) is 12.8. The summed E-state index contributed by atoms with van der Waals surface area (Å²) in [5.41, 5.74) is 0. The first kappa shape index (κ1) is 10.5. The maximum absolute atomic E-state index is 2.27. The van der Waals surface area contributed by atoms with Gasteiger partial charge in [-0.05, 0) is 26.2 Å². The van der Waals surface area contributed by atoms with E-state index in [1.54, 1.807) is 0 Å². The van der Waals surface area contributed by atoms with Crippen molar-refractivity contribution in [2.24, 2.45) is 5.92 Å². The molecule has 0 aromatic carbocycles. The molecule has 1 atom stereocenters. The summed E-state index contributed by atoms with van der Waals surface area (Å²) in [6, 6.07) is 0. The monoisotopic (exact) mass is 152 g/mol. The molecule has 0 saturated carbocycles. The van der Waals surface area contributed by atoms with Crippen molar-refractivity contribution in [2.45, 2.75) is 40.0 Å². The van der Waals surface area contributed by atoms with E-state index in [1.807, 2.05) is 0 Å². The van der Waals surface area contributed by atoms with Crippen LogP contribution in [0.4, 0.5) is 0 Å². The van der Waals surface area contributed by atoms with Gasteiger partial charge in [0.1, 0.15) is 0 Å². The average molecular weight is 152 g/mol. The Bertz CT molecular complexity index is 108. The van der Waals surface area contributed by atoms with Crippen molar-refractivity contribution in [3.05, 3.63) is 24.3 Å². The van der Waals surface area contributed by atoms with Gasteiger partial charge in [0.2, 0.25) is 0 Å². The second-order valence-electron chi connectivity index (χ2n) is 2.86. The zero-order valence-corrected chi connectivity index (χ0v) is 8.01. The Morgan fingerprint density at radius 1 is 1.09 bits per heavy atom. The molecule has 0 aliphatic carbocycles. The van der Waals surface area contributed by atoms with E-state index in [2.05, 4.69) is 45.1 Å². The highest BCUT2D eigenvalue weighted by molar-refractivity contribution is 4.98. The van der Waals surface area contributed by atoms with E-state index in [4.69, 9.17) is 0 Å². The van der Waals surface area contributed by atoms with E-state index < -0.39 is 0 Å². The number of hydrogen-bond donors (Lipinski definition) is 0. The first-order chi connectivity index (χ1) is 5.35. The molecule has 0 bridgehead atoms. The molecular weight excluding hydrogens is 132 g/mol. The Morgan fingerprint density at radius 3 is 2.00 bits per heavy atom. The molecule has 0 aromatic rings. The van der Waals surface area contributed by atoms with Crippen molar-refractivity contribution in [1.29, 1.82) is 0 Å². The third-order valence-electron chi connectivity index (χ3n) is 1.77. The number of unbranched alkanes of at least 4 members (excludes halogenated alkanes) is 1. The van der Waals surface area contributed by atoms with Crippen LogP contribution in [0.25, 0.3) is 0 Å². The molecule has 0 saturated heterocycles. The standard InChI is InChI=1S/C11H20/c1-4-7-10-11(8-5-2)9-6-3/h5-6,8-9,11H,4,7,10H2,1-3H3/b8-5-,9-6+. The fourth-order valence-corrected chi connectivity index (χ4v) is 1.19. The smallest absolute Gasteiger partial charge is 0.00537 e. The first-order valence-electron chi connectivity index (χ1n) is 4.60. The van der Waals surface area contributed by atoms with Gasteiger partial charge < -0.3 is 0 Å². The molecule has 0 N–H and O–H groups in total. The van der Waals surface area contributed by atoms with Crippen molar-refractivity contribution >= 4 is 0 Å². The molecule has 0 fully saturated rings. The molecule has 0 aromatic heterocycles. The lowest BCUT2D eigenvalue weighted by Crippen LogP contribution is -1.90. The minimum Gasteiger partial charge on any atom is -0.0911 e. The van der Waals surface area contributed by atoms with Gasteiger partial charge in [0.05, 0.1) is 0 Å². The fourth-order valence-electron chi connectivity index (χ4n) is 1.19. The SMILES string of the molecule is C/C=C\C(/C=C/C)CCCC. The lowest BCUT2D eigenvalue weighted by molar-refractivity contribution is 0.641. The lowest BCUT2D eigenvalue weighted by atomic mass is 10.0. The second-order valence-corrected chi connectivity index (χ2v) is 2.86. The number of rotatable bonds is 5. The lowest BCUT2D eigenvalue weighted by Gasteiger charge is -2.04. The van der Waals surface area contributed by atoms with Gasteiger partial charge in [-0.1, -0.05) is 44.1 Å². The van der Waals surface area contributed by atoms with Crippen LogP contribution in [0.15, 0.2) is 24.3 Å². The van der Waals surface area contributed by atoms with Gasteiger partial charge in [-0.15, -0.1) is 0 Å². The first-order valence-corrected chi connectivity index (χ1v) is 4.60. The highest BCUT2D eigenvalue weighted by atomic mass is 14.0. The van der Waals surface area contributed by atoms with Gasteiger partial charge >= 0.3 is 0 Å². The van der Waals surface area contributed by atoms with Crippen molar-refractivity contribution in [1.82, 2.24) is 0 Å². The summed E-state index contributed by atoms with van der Waals surface area (Å²) in [5, 5.41) is 0. The average Bonchev–Trinajstić information content (AvgIpc) is 2.01. The molecule has 0 heteroatoms. The minimum absolute atomic E-state index is 0.671. The summed E-state index contributed by atoms with van der Waals surface area (Å²) in [7, 11) is 0. The molecule has 0 nitrogen and oxygen atoms in total. The molecule has 0 spiro atoms. The van der Waals surface area contributed by atoms with Crippen LogP contribution in [-0.2, 0) is 0 Å². The molecule has 0 aliphatic rings. The topological polar surface area (TPSA) is 0 Å². The molecule has 64 valence electrons. The van der Waals surface area contributed by atoms with E-state index >= 15 is 0 Å². The normalized spacial score (nSPS) is 14.8. The second kappa shape index (κ2) is 7.59. The molecule has 0 amide bonds. The Morgan fingerprint density at radius 2 is 1.64 bits per heavy atom. The van der Waals surface area contributed by atoms with E-state index in [9.17, 15) is 0 Å². The van der Waals surface area contributed by atoms with E-state index in [1.165, 1.54) is 19.3 Å². The van der Waals surface area contributed by atoms with Crippen LogP contribution in [-0.4, -0.2) is 0 Å². The molecule has 0 heterocycles. The number of allylic oxidation sites excluding steroid dienone is 4. The fraction of sp³-hybridized carbons (Fsp3) is 0.636. The summed E-state index contributed by atoms with van der Waals surface area (Å²) in [5.74, 6) is 0.671. The van der Waals surface area contributed by atoms with Crippen LogP contribution in [0.1, 0.15) is 40.0 Å². The predicted octanol–water partition coefficient (Wildman–Crippen LogP) is 3.95. The maximum Gasteiger partial charge on any atom is -0.00537 e. The quantitative estimate of drug-likeness (QED) is 0.523. The molecule has 11 heavy (non-hydrogen) atoms. The van der Waals surface area contributed by atoms with Gasteiger partial charge in [-0.25, -0.2) is 0 Å². The van der Waals surface area contributed by atoms with Gasteiger partial charge in [0.25, 0.3) is 0 Å². The Labute approximate surface area is 71.0 Å². The third kappa shape index (κ3) is 5.90. The van der Waals surface area contributed by atoms with Crippen LogP contribution in [0, 0.1) is 5.92 Å². The molecule has 0 radical (unpaired) electrons. The van der Waals surface area contributed by atoms with Crippen LogP contribution in [0.3, 0.4) is 0 Å². The van der Waals surface area contributed by atoms with Gasteiger partial charge in [0, 0.05) is 0 Å². The van der Waals surface area contributed by atoms with Crippen LogP contribution in [0.2, 0.25) is 0 Å². The van der Waals surface area contributed by atoms with Crippen molar-refractivity contribution in [3.8, 4) is 0 Å². The van der Waals surface area contributed by atoms with Gasteiger partial charge in [-0.3, -0.25) is 0 Å². The van der Waals surface area contributed by atoms with E-state index in [0.717, 1.165) is 0 Å². The minimum atomic E-state index is 0.671. The maximum atomic E-state index is 2.27. The molecule has 0 rings (SSSR count). The van der Waals surface area contributed by atoms with Crippen molar-refractivity contribution < 1.29 is 0 Å².